The minimum atomic E-state index is -0.793. The first-order valence-corrected chi connectivity index (χ1v) is 11.0. The Hall–Kier alpha value is -4.05. The third-order valence-electron chi connectivity index (χ3n) is 4.97. The fourth-order valence-corrected chi connectivity index (χ4v) is 4.07. The van der Waals surface area contributed by atoms with Crippen LogP contribution in [-0.4, -0.2) is 46.0 Å². The van der Waals surface area contributed by atoms with Gasteiger partial charge in [0.1, 0.15) is 0 Å². The van der Waals surface area contributed by atoms with Crippen molar-refractivity contribution < 1.29 is 19.1 Å². The number of esters is 1. The second-order valence-corrected chi connectivity index (χ2v) is 8.04. The lowest BCUT2D eigenvalue weighted by atomic mass is 10.1. The lowest BCUT2D eigenvalue weighted by molar-refractivity contribution is -0.136. The number of ether oxygens (including phenoxy) is 1. The van der Waals surface area contributed by atoms with E-state index in [0.29, 0.717) is 23.5 Å². The minimum absolute atomic E-state index is 0.263. The van der Waals surface area contributed by atoms with E-state index in [2.05, 4.69) is 25.5 Å². The number of rotatable bonds is 6. The number of hydrogen-bond donors (Lipinski definition) is 2. The summed E-state index contributed by atoms with van der Waals surface area (Å²) in [6.07, 6.45) is 0.490. The molecule has 0 aliphatic carbocycles. The molecule has 0 radical (unpaired) electrons. The smallest absolute Gasteiger partial charge is 0.337 e. The first-order chi connectivity index (χ1) is 16.0. The molecule has 0 unspecified atom stereocenters. The van der Waals surface area contributed by atoms with Crippen LogP contribution in [0.1, 0.15) is 21.6 Å². The van der Waals surface area contributed by atoms with E-state index in [0.717, 1.165) is 21.8 Å². The van der Waals surface area contributed by atoms with Gasteiger partial charge in [0.05, 0.1) is 18.4 Å². The van der Waals surface area contributed by atoms with Crippen LogP contribution < -0.4 is 10.6 Å². The third kappa shape index (κ3) is 4.90. The van der Waals surface area contributed by atoms with Gasteiger partial charge in [-0.15, -0.1) is 16.4 Å². The van der Waals surface area contributed by atoms with E-state index in [1.165, 1.54) is 42.7 Å². The zero-order valence-electron chi connectivity index (χ0n) is 18.0. The number of carbonyl (C=O) groups excluding carboxylic acids is 3. The van der Waals surface area contributed by atoms with E-state index in [1.807, 2.05) is 36.6 Å². The highest BCUT2D eigenvalue weighted by Crippen LogP contribution is 2.23. The maximum absolute atomic E-state index is 12.2. The Morgan fingerprint density at radius 1 is 1.06 bits per heavy atom. The van der Waals surface area contributed by atoms with E-state index in [4.69, 9.17) is 0 Å². The van der Waals surface area contributed by atoms with Crippen molar-refractivity contribution in [3.63, 3.8) is 0 Å². The molecule has 0 bridgehead atoms. The Kier molecular flexibility index (Phi) is 6.45. The Bertz CT molecular complexity index is 1330. The zero-order chi connectivity index (χ0) is 23.4. The Labute approximate surface area is 193 Å². The van der Waals surface area contributed by atoms with Crippen molar-refractivity contribution in [1.82, 2.24) is 19.9 Å². The number of nitrogens with one attached hydrogen (secondary N) is 2. The predicted molar refractivity (Wildman–Crippen MR) is 124 cm³/mol. The fraction of sp³-hybridized carbons (Fsp3) is 0.174. The molecule has 0 aliphatic rings. The summed E-state index contributed by atoms with van der Waals surface area (Å²) in [6.45, 7) is 2.28. The third-order valence-corrected chi connectivity index (χ3v) is 5.84. The fourth-order valence-electron chi connectivity index (χ4n) is 3.21. The number of amides is 2. The average Bonchev–Trinajstić information content (AvgIpc) is 3.41. The molecule has 0 atom stereocenters. The molecule has 4 aromatic rings. The standard InChI is InChI=1S/C23H21N5O4S/c1-14-5-3-4-6-18(14)19-26-23-28(27-19)17(13-33-23)11-12-24-20(29)21(30)25-16-9-7-15(8-10-16)22(31)32-2/h3-10,13H,11-12H2,1-2H3,(H,24,29)(H,25,30). The van der Waals surface area contributed by atoms with Gasteiger partial charge in [-0.25, -0.2) is 9.31 Å². The van der Waals surface area contributed by atoms with Gasteiger partial charge in [-0.2, -0.15) is 4.98 Å². The second kappa shape index (κ2) is 9.61. The molecule has 2 aromatic heterocycles. The highest BCUT2D eigenvalue weighted by molar-refractivity contribution is 7.15. The van der Waals surface area contributed by atoms with Gasteiger partial charge in [0.2, 0.25) is 4.96 Å². The highest BCUT2D eigenvalue weighted by Gasteiger charge is 2.16. The van der Waals surface area contributed by atoms with Crippen molar-refractivity contribution >= 4 is 39.8 Å². The van der Waals surface area contributed by atoms with Crippen LogP contribution in [0.5, 0.6) is 0 Å². The maximum Gasteiger partial charge on any atom is 0.337 e. The van der Waals surface area contributed by atoms with Crippen LogP contribution in [0.15, 0.2) is 53.9 Å². The van der Waals surface area contributed by atoms with Crippen LogP contribution in [0, 0.1) is 6.92 Å². The highest BCUT2D eigenvalue weighted by atomic mass is 32.1. The van der Waals surface area contributed by atoms with Gasteiger partial charge in [-0.05, 0) is 36.8 Å². The number of aryl methyl sites for hydroxylation is 1. The van der Waals surface area contributed by atoms with E-state index in [1.54, 1.807) is 4.52 Å². The molecular weight excluding hydrogens is 442 g/mol. The summed E-state index contributed by atoms with van der Waals surface area (Å²) in [6, 6.07) is 14.0. The lowest BCUT2D eigenvalue weighted by Gasteiger charge is -2.07. The summed E-state index contributed by atoms with van der Waals surface area (Å²) in [5.74, 6) is -1.37. The minimum Gasteiger partial charge on any atom is -0.465 e. The number of thiazole rings is 1. The molecule has 0 saturated carbocycles. The molecule has 33 heavy (non-hydrogen) atoms. The summed E-state index contributed by atoms with van der Waals surface area (Å²) < 4.78 is 6.39. The van der Waals surface area contributed by atoms with Crippen LogP contribution in [-0.2, 0) is 20.7 Å². The van der Waals surface area contributed by atoms with Crippen molar-refractivity contribution in [3.05, 3.63) is 70.7 Å². The number of methoxy groups -OCH3 is 1. The van der Waals surface area contributed by atoms with Gasteiger partial charge in [-0.3, -0.25) is 9.59 Å². The van der Waals surface area contributed by atoms with Crippen molar-refractivity contribution in [2.75, 3.05) is 19.0 Å². The molecule has 10 heteroatoms. The number of hydrogen-bond acceptors (Lipinski definition) is 7. The topological polar surface area (TPSA) is 115 Å². The molecule has 4 rings (SSSR count). The summed E-state index contributed by atoms with van der Waals surface area (Å²) >= 11 is 1.47. The van der Waals surface area contributed by atoms with E-state index in [-0.39, 0.29) is 6.54 Å². The van der Waals surface area contributed by atoms with Crippen molar-refractivity contribution in [2.45, 2.75) is 13.3 Å². The molecule has 168 valence electrons. The van der Waals surface area contributed by atoms with E-state index in [9.17, 15) is 14.4 Å². The predicted octanol–water partition coefficient (Wildman–Crippen LogP) is 2.85. The number of carbonyl (C=O) groups is 3. The maximum atomic E-state index is 12.2. The molecule has 0 saturated heterocycles. The Morgan fingerprint density at radius 3 is 2.55 bits per heavy atom. The molecule has 2 aromatic carbocycles. The van der Waals surface area contributed by atoms with Crippen LogP contribution in [0.2, 0.25) is 0 Å². The molecule has 2 heterocycles. The van der Waals surface area contributed by atoms with Gasteiger partial charge in [0, 0.05) is 29.6 Å². The first-order valence-electron chi connectivity index (χ1n) is 10.1. The molecule has 2 amide bonds. The van der Waals surface area contributed by atoms with Gasteiger partial charge >= 0.3 is 17.8 Å². The van der Waals surface area contributed by atoms with Gasteiger partial charge in [-0.1, -0.05) is 24.3 Å². The normalized spacial score (nSPS) is 10.7. The quantitative estimate of drug-likeness (QED) is 0.336. The second-order valence-electron chi connectivity index (χ2n) is 7.20. The van der Waals surface area contributed by atoms with Crippen molar-refractivity contribution in [3.8, 4) is 11.4 Å². The zero-order valence-corrected chi connectivity index (χ0v) is 18.8. The van der Waals surface area contributed by atoms with Gasteiger partial charge in [0.25, 0.3) is 0 Å². The summed E-state index contributed by atoms with van der Waals surface area (Å²) in [7, 11) is 1.29. The van der Waals surface area contributed by atoms with Gasteiger partial charge in [0.15, 0.2) is 5.82 Å². The molecule has 2 N–H and O–H groups in total. The molecule has 0 aliphatic heterocycles. The molecule has 0 fully saturated rings. The van der Waals surface area contributed by atoms with Crippen LogP contribution >= 0.6 is 11.3 Å². The van der Waals surface area contributed by atoms with Crippen molar-refractivity contribution in [1.29, 1.82) is 0 Å². The van der Waals surface area contributed by atoms with E-state index < -0.39 is 17.8 Å². The van der Waals surface area contributed by atoms with Crippen molar-refractivity contribution in [2.24, 2.45) is 0 Å². The number of aromatic nitrogens is 3. The Morgan fingerprint density at radius 2 is 1.82 bits per heavy atom. The SMILES string of the molecule is COC(=O)c1ccc(NC(=O)C(=O)NCCc2csc3nc(-c4ccccc4C)nn23)cc1. The molecule has 9 nitrogen and oxygen atoms in total. The molecular formula is C23H21N5O4S. The van der Waals surface area contributed by atoms with Gasteiger partial charge < -0.3 is 15.4 Å². The van der Waals surface area contributed by atoms with E-state index >= 15 is 0 Å². The summed E-state index contributed by atoms with van der Waals surface area (Å²) in [5, 5.41) is 11.7. The number of fused-ring (bicyclic) bond motifs is 1. The average molecular weight is 464 g/mol. The largest absolute Gasteiger partial charge is 0.465 e. The van der Waals surface area contributed by atoms with Crippen LogP contribution in [0.3, 0.4) is 0 Å². The lowest BCUT2D eigenvalue weighted by Crippen LogP contribution is -2.36. The number of anilines is 1. The number of nitrogens with zero attached hydrogens (tertiary/aromatic N) is 3. The Balaban J connectivity index is 1.33. The number of benzene rings is 2. The summed E-state index contributed by atoms with van der Waals surface area (Å²) in [5.41, 5.74) is 3.70. The first kappa shape index (κ1) is 22.2. The molecule has 0 spiro atoms. The monoisotopic (exact) mass is 463 g/mol. The van der Waals surface area contributed by atoms with Crippen LogP contribution in [0.25, 0.3) is 16.3 Å². The van der Waals surface area contributed by atoms with Crippen LogP contribution in [0.4, 0.5) is 5.69 Å². The summed E-state index contributed by atoms with van der Waals surface area (Å²) in [4.78, 5) is 41.1.